The van der Waals surface area contributed by atoms with Crippen LogP contribution in [0.2, 0.25) is 0 Å². The van der Waals surface area contributed by atoms with Gasteiger partial charge in [-0.2, -0.15) is 0 Å². The summed E-state index contributed by atoms with van der Waals surface area (Å²) in [5.41, 5.74) is 0. The zero-order chi connectivity index (χ0) is 9.84. The van der Waals surface area contributed by atoms with E-state index in [4.69, 9.17) is 0 Å². The molecular weight excluding hydrogens is 160 g/mol. The summed E-state index contributed by atoms with van der Waals surface area (Å²) in [4.78, 5) is 2.38. The second kappa shape index (κ2) is 4.97. The van der Waals surface area contributed by atoms with Gasteiger partial charge in [-0.15, -0.1) is 0 Å². The summed E-state index contributed by atoms with van der Waals surface area (Å²) in [5, 5.41) is 3.59. The lowest BCUT2D eigenvalue weighted by molar-refractivity contribution is 0.148. The molecule has 1 fully saturated rings. The summed E-state index contributed by atoms with van der Waals surface area (Å²) >= 11 is 0. The Kier molecular flexibility index (Phi) is 4.20. The second-order valence-electron chi connectivity index (χ2n) is 4.61. The van der Waals surface area contributed by atoms with Gasteiger partial charge in [0.15, 0.2) is 0 Å². The summed E-state index contributed by atoms with van der Waals surface area (Å²) in [5.74, 6) is 0.905. The zero-order valence-corrected chi connectivity index (χ0v) is 9.51. The first-order chi connectivity index (χ1) is 6.15. The van der Waals surface area contributed by atoms with Crippen molar-refractivity contribution in [1.82, 2.24) is 10.2 Å². The van der Waals surface area contributed by atoms with Gasteiger partial charge in [-0.1, -0.05) is 13.8 Å². The van der Waals surface area contributed by atoms with Crippen LogP contribution >= 0.6 is 0 Å². The van der Waals surface area contributed by atoms with E-state index in [1.807, 2.05) is 0 Å². The van der Waals surface area contributed by atoms with E-state index in [1.54, 1.807) is 0 Å². The fourth-order valence-electron chi connectivity index (χ4n) is 2.42. The van der Waals surface area contributed by atoms with Crippen LogP contribution in [0, 0.1) is 5.92 Å². The van der Waals surface area contributed by atoms with Crippen LogP contribution in [0.1, 0.15) is 33.1 Å². The van der Waals surface area contributed by atoms with Crippen LogP contribution in [-0.2, 0) is 0 Å². The molecular formula is C11H24N2. The minimum Gasteiger partial charge on any atom is -0.313 e. The quantitative estimate of drug-likeness (QED) is 0.718. The molecule has 0 spiro atoms. The SMILES string of the molecule is CCNC1CCC(C)CC1N(C)C. The van der Waals surface area contributed by atoms with Gasteiger partial charge in [-0.05, 0) is 45.8 Å². The van der Waals surface area contributed by atoms with Crippen molar-refractivity contribution in [1.29, 1.82) is 0 Å². The first-order valence-electron chi connectivity index (χ1n) is 5.55. The van der Waals surface area contributed by atoms with Crippen LogP contribution in [0.5, 0.6) is 0 Å². The maximum atomic E-state index is 3.59. The number of nitrogens with zero attached hydrogens (tertiary/aromatic N) is 1. The fraction of sp³-hybridized carbons (Fsp3) is 1.00. The summed E-state index contributed by atoms with van der Waals surface area (Å²) in [6, 6.07) is 1.46. The molecule has 0 aromatic rings. The summed E-state index contributed by atoms with van der Waals surface area (Å²) in [6.07, 6.45) is 4.09. The number of hydrogen-bond acceptors (Lipinski definition) is 2. The van der Waals surface area contributed by atoms with E-state index in [-0.39, 0.29) is 0 Å². The molecule has 2 nitrogen and oxygen atoms in total. The molecule has 0 amide bonds. The van der Waals surface area contributed by atoms with E-state index in [1.165, 1.54) is 19.3 Å². The lowest BCUT2D eigenvalue weighted by Gasteiger charge is -2.39. The van der Waals surface area contributed by atoms with E-state index >= 15 is 0 Å². The molecule has 0 radical (unpaired) electrons. The smallest absolute Gasteiger partial charge is 0.0245 e. The van der Waals surface area contributed by atoms with Gasteiger partial charge in [0.1, 0.15) is 0 Å². The normalized spacial score (nSPS) is 35.3. The monoisotopic (exact) mass is 184 g/mol. The molecule has 0 aromatic carbocycles. The van der Waals surface area contributed by atoms with Crippen molar-refractivity contribution in [2.45, 2.75) is 45.2 Å². The van der Waals surface area contributed by atoms with Crippen LogP contribution in [0.15, 0.2) is 0 Å². The highest BCUT2D eigenvalue weighted by Crippen LogP contribution is 2.26. The van der Waals surface area contributed by atoms with Gasteiger partial charge >= 0.3 is 0 Å². The first-order valence-corrected chi connectivity index (χ1v) is 5.55. The molecule has 0 aromatic heterocycles. The second-order valence-corrected chi connectivity index (χ2v) is 4.61. The Labute approximate surface area is 82.7 Å². The lowest BCUT2D eigenvalue weighted by atomic mass is 9.83. The maximum Gasteiger partial charge on any atom is 0.0245 e. The van der Waals surface area contributed by atoms with Gasteiger partial charge in [-0.3, -0.25) is 0 Å². The van der Waals surface area contributed by atoms with Crippen molar-refractivity contribution in [3.05, 3.63) is 0 Å². The molecule has 13 heavy (non-hydrogen) atoms. The Balaban J connectivity index is 2.50. The minimum atomic E-state index is 0.719. The molecule has 3 unspecified atom stereocenters. The molecule has 1 saturated carbocycles. The average Bonchev–Trinajstić information content (AvgIpc) is 2.08. The van der Waals surface area contributed by atoms with Gasteiger partial charge in [0, 0.05) is 12.1 Å². The third-order valence-corrected chi connectivity index (χ3v) is 3.21. The number of hydrogen-bond donors (Lipinski definition) is 1. The Morgan fingerprint density at radius 1 is 1.31 bits per heavy atom. The van der Waals surface area contributed by atoms with Crippen molar-refractivity contribution in [3.63, 3.8) is 0 Å². The van der Waals surface area contributed by atoms with Crippen LogP contribution in [-0.4, -0.2) is 37.6 Å². The standard InChI is InChI=1S/C11H24N2/c1-5-12-10-7-6-9(2)8-11(10)13(3)4/h9-12H,5-8H2,1-4H3. The summed E-state index contributed by atoms with van der Waals surface area (Å²) in [6.45, 7) is 5.67. The Hall–Kier alpha value is -0.0800. The molecule has 1 aliphatic rings. The van der Waals surface area contributed by atoms with Crippen molar-refractivity contribution in [2.75, 3.05) is 20.6 Å². The lowest BCUT2D eigenvalue weighted by Crippen LogP contribution is -2.50. The molecule has 1 aliphatic carbocycles. The van der Waals surface area contributed by atoms with Crippen LogP contribution in [0.4, 0.5) is 0 Å². The van der Waals surface area contributed by atoms with Crippen LogP contribution in [0.25, 0.3) is 0 Å². The Morgan fingerprint density at radius 3 is 2.54 bits per heavy atom. The molecule has 0 saturated heterocycles. The molecule has 1 rings (SSSR count). The fourth-order valence-corrected chi connectivity index (χ4v) is 2.42. The van der Waals surface area contributed by atoms with Gasteiger partial charge in [0.25, 0.3) is 0 Å². The van der Waals surface area contributed by atoms with E-state index in [9.17, 15) is 0 Å². The summed E-state index contributed by atoms with van der Waals surface area (Å²) in [7, 11) is 4.40. The van der Waals surface area contributed by atoms with Crippen molar-refractivity contribution in [2.24, 2.45) is 5.92 Å². The van der Waals surface area contributed by atoms with Crippen molar-refractivity contribution < 1.29 is 0 Å². The molecule has 0 bridgehead atoms. The minimum absolute atomic E-state index is 0.719. The van der Waals surface area contributed by atoms with Gasteiger partial charge in [0.05, 0.1) is 0 Å². The average molecular weight is 184 g/mol. The molecule has 78 valence electrons. The number of likely N-dealkylation sites (N-methyl/N-ethyl adjacent to an activating group) is 2. The maximum absolute atomic E-state index is 3.59. The van der Waals surface area contributed by atoms with E-state index in [0.717, 1.165) is 24.5 Å². The third-order valence-electron chi connectivity index (χ3n) is 3.21. The molecule has 0 aliphatic heterocycles. The van der Waals surface area contributed by atoms with Gasteiger partial charge in [0.2, 0.25) is 0 Å². The number of nitrogens with one attached hydrogen (secondary N) is 1. The third kappa shape index (κ3) is 2.96. The van der Waals surface area contributed by atoms with Crippen LogP contribution in [0.3, 0.4) is 0 Å². The van der Waals surface area contributed by atoms with Gasteiger partial charge in [-0.25, -0.2) is 0 Å². The highest BCUT2D eigenvalue weighted by Gasteiger charge is 2.28. The Morgan fingerprint density at radius 2 is 2.00 bits per heavy atom. The highest BCUT2D eigenvalue weighted by atomic mass is 15.1. The molecule has 1 N–H and O–H groups in total. The largest absolute Gasteiger partial charge is 0.313 e. The highest BCUT2D eigenvalue weighted by molar-refractivity contribution is 4.88. The Bertz CT molecular complexity index is 145. The van der Waals surface area contributed by atoms with E-state index < -0.39 is 0 Å². The van der Waals surface area contributed by atoms with Gasteiger partial charge < -0.3 is 10.2 Å². The predicted molar refractivity (Wildman–Crippen MR) is 58.0 cm³/mol. The van der Waals surface area contributed by atoms with Crippen molar-refractivity contribution >= 4 is 0 Å². The zero-order valence-electron chi connectivity index (χ0n) is 9.51. The molecule has 2 heteroatoms. The predicted octanol–water partition coefficient (Wildman–Crippen LogP) is 1.71. The molecule has 3 atom stereocenters. The van der Waals surface area contributed by atoms with E-state index in [0.29, 0.717) is 0 Å². The van der Waals surface area contributed by atoms with Crippen molar-refractivity contribution in [3.8, 4) is 0 Å². The number of rotatable bonds is 3. The van der Waals surface area contributed by atoms with Crippen LogP contribution < -0.4 is 5.32 Å². The van der Waals surface area contributed by atoms with E-state index in [2.05, 4.69) is 38.2 Å². The first kappa shape index (κ1) is 11.0. The summed E-state index contributed by atoms with van der Waals surface area (Å²) < 4.78 is 0. The topological polar surface area (TPSA) is 15.3 Å². The molecule has 0 heterocycles.